The molecule has 0 aromatic heterocycles. The molecule has 0 unspecified atom stereocenters. The van der Waals surface area contributed by atoms with Crippen molar-refractivity contribution in [1.29, 1.82) is 0 Å². The van der Waals surface area contributed by atoms with Crippen LogP contribution >= 0.6 is 0 Å². The summed E-state index contributed by atoms with van der Waals surface area (Å²) < 4.78 is 0. The SMILES string of the molecule is O=C1[CH]CNN(C2CCC2)CC1. The molecule has 1 radical (unpaired) electrons. The third-order valence-corrected chi connectivity index (χ3v) is 2.74. The van der Waals surface area contributed by atoms with Gasteiger partial charge in [-0.3, -0.25) is 10.2 Å². The van der Waals surface area contributed by atoms with Gasteiger partial charge in [0.15, 0.2) is 0 Å². The molecule has 0 aromatic rings. The van der Waals surface area contributed by atoms with Gasteiger partial charge in [-0.2, -0.15) is 0 Å². The number of hydrogen-bond acceptors (Lipinski definition) is 3. The lowest BCUT2D eigenvalue weighted by atomic mass is 9.92. The standard InChI is InChI=1S/C9H15N2O/c12-9-4-6-10-11(7-5-9)8-2-1-3-8/h4,8,10H,1-3,5-7H2. The van der Waals surface area contributed by atoms with Crippen molar-refractivity contribution in [1.82, 2.24) is 10.4 Å². The van der Waals surface area contributed by atoms with Crippen molar-refractivity contribution in [3.05, 3.63) is 6.42 Å². The number of nitrogens with zero attached hydrogens (tertiary/aromatic N) is 1. The molecule has 1 saturated heterocycles. The van der Waals surface area contributed by atoms with E-state index in [-0.39, 0.29) is 5.78 Å². The molecular formula is C9H15N2O. The van der Waals surface area contributed by atoms with Crippen LogP contribution in [-0.4, -0.2) is 29.9 Å². The molecule has 67 valence electrons. The molecule has 1 heterocycles. The summed E-state index contributed by atoms with van der Waals surface area (Å²) in [6.45, 7) is 1.61. The Hall–Kier alpha value is -0.410. The highest BCUT2D eigenvalue weighted by Crippen LogP contribution is 2.23. The fourth-order valence-corrected chi connectivity index (χ4v) is 1.70. The Balaban J connectivity index is 1.85. The number of hydrogen-bond donors (Lipinski definition) is 1. The summed E-state index contributed by atoms with van der Waals surface area (Å²) in [7, 11) is 0. The van der Waals surface area contributed by atoms with Gasteiger partial charge in [0.1, 0.15) is 5.78 Å². The predicted octanol–water partition coefficient (Wildman–Crippen LogP) is 0.523. The van der Waals surface area contributed by atoms with Crippen LogP contribution in [0.15, 0.2) is 0 Å². The third-order valence-electron chi connectivity index (χ3n) is 2.74. The van der Waals surface area contributed by atoms with Crippen molar-refractivity contribution < 1.29 is 4.79 Å². The van der Waals surface area contributed by atoms with Crippen molar-refractivity contribution in [3.63, 3.8) is 0 Å². The fourth-order valence-electron chi connectivity index (χ4n) is 1.70. The highest BCUT2D eigenvalue weighted by atomic mass is 16.1. The van der Waals surface area contributed by atoms with Crippen LogP contribution in [0.3, 0.4) is 0 Å². The summed E-state index contributed by atoms with van der Waals surface area (Å²) in [6, 6.07) is 0.698. The second-order valence-corrected chi connectivity index (χ2v) is 3.56. The van der Waals surface area contributed by atoms with Gasteiger partial charge in [-0.25, -0.2) is 5.01 Å². The van der Waals surface area contributed by atoms with E-state index in [4.69, 9.17) is 0 Å². The number of nitrogens with one attached hydrogen (secondary N) is 1. The van der Waals surface area contributed by atoms with Gasteiger partial charge >= 0.3 is 0 Å². The number of hydrazine groups is 1. The number of Topliss-reactive ketones (excluding diaryl/α,β-unsaturated/α-hetero) is 1. The normalized spacial score (nSPS) is 28.2. The fraction of sp³-hybridized carbons (Fsp3) is 0.778. The van der Waals surface area contributed by atoms with E-state index in [2.05, 4.69) is 10.4 Å². The van der Waals surface area contributed by atoms with Crippen molar-refractivity contribution in [2.24, 2.45) is 0 Å². The molecule has 0 bridgehead atoms. The molecule has 1 saturated carbocycles. The van der Waals surface area contributed by atoms with Crippen LogP contribution in [0.5, 0.6) is 0 Å². The zero-order valence-electron chi connectivity index (χ0n) is 7.25. The van der Waals surface area contributed by atoms with Crippen LogP contribution in [0.2, 0.25) is 0 Å². The first-order valence-corrected chi connectivity index (χ1v) is 4.72. The van der Waals surface area contributed by atoms with Gasteiger partial charge in [-0.15, -0.1) is 0 Å². The lowest BCUT2D eigenvalue weighted by Gasteiger charge is -2.36. The zero-order chi connectivity index (χ0) is 8.39. The molecule has 2 fully saturated rings. The smallest absolute Gasteiger partial charge is 0.139 e. The first-order valence-electron chi connectivity index (χ1n) is 4.72. The Morgan fingerprint density at radius 1 is 1.50 bits per heavy atom. The van der Waals surface area contributed by atoms with Crippen LogP contribution in [0.1, 0.15) is 25.7 Å². The van der Waals surface area contributed by atoms with Crippen LogP contribution in [0.4, 0.5) is 0 Å². The monoisotopic (exact) mass is 167 g/mol. The molecule has 12 heavy (non-hydrogen) atoms. The number of rotatable bonds is 1. The molecule has 0 aromatic carbocycles. The summed E-state index contributed by atoms with van der Waals surface area (Å²) in [6.07, 6.45) is 6.37. The molecule has 0 atom stereocenters. The molecule has 1 aliphatic carbocycles. The molecule has 0 amide bonds. The Bertz CT molecular complexity index is 177. The maximum absolute atomic E-state index is 11.0. The third kappa shape index (κ3) is 1.67. The average Bonchev–Trinajstić information content (AvgIpc) is 2.12. The summed E-state index contributed by atoms with van der Waals surface area (Å²) >= 11 is 0. The molecule has 3 heteroatoms. The van der Waals surface area contributed by atoms with Gasteiger partial charge in [-0.05, 0) is 12.8 Å². The highest BCUT2D eigenvalue weighted by molar-refractivity contribution is 5.87. The van der Waals surface area contributed by atoms with Gasteiger partial charge in [0.2, 0.25) is 0 Å². The Morgan fingerprint density at radius 3 is 3.00 bits per heavy atom. The minimum atomic E-state index is 0.282. The van der Waals surface area contributed by atoms with E-state index in [0.717, 1.165) is 13.1 Å². The van der Waals surface area contributed by atoms with E-state index in [0.29, 0.717) is 12.5 Å². The first-order chi connectivity index (χ1) is 5.86. The zero-order valence-corrected chi connectivity index (χ0v) is 7.25. The minimum absolute atomic E-state index is 0.282. The minimum Gasteiger partial charge on any atom is -0.299 e. The van der Waals surface area contributed by atoms with E-state index in [1.807, 2.05) is 0 Å². The molecular weight excluding hydrogens is 152 g/mol. The number of carbonyl (C=O) groups excluding carboxylic acids is 1. The van der Waals surface area contributed by atoms with Gasteiger partial charge in [0, 0.05) is 32.0 Å². The van der Waals surface area contributed by atoms with Crippen LogP contribution < -0.4 is 5.43 Å². The van der Waals surface area contributed by atoms with Gasteiger partial charge < -0.3 is 0 Å². The van der Waals surface area contributed by atoms with E-state index in [9.17, 15) is 4.79 Å². The maximum atomic E-state index is 11.0. The van der Waals surface area contributed by atoms with Crippen molar-refractivity contribution in [3.8, 4) is 0 Å². The van der Waals surface area contributed by atoms with Crippen LogP contribution in [0.25, 0.3) is 0 Å². The lowest BCUT2D eigenvalue weighted by molar-refractivity contribution is -0.115. The van der Waals surface area contributed by atoms with Gasteiger partial charge in [-0.1, -0.05) is 6.42 Å². The van der Waals surface area contributed by atoms with E-state index < -0.39 is 0 Å². The molecule has 2 aliphatic rings. The van der Waals surface area contributed by atoms with Gasteiger partial charge in [0.25, 0.3) is 0 Å². The van der Waals surface area contributed by atoms with E-state index >= 15 is 0 Å². The quantitative estimate of drug-likeness (QED) is 0.618. The topological polar surface area (TPSA) is 32.3 Å². The van der Waals surface area contributed by atoms with Crippen molar-refractivity contribution in [2.75, 3.05) is 13.1 Å². The van der Waals surface area contributed by atoms with Crippen LogP contribution in [-0.2, 0) is 4.79 Å². The molecule has 0 spiro atoms. The van der Waals surface area contributed by atoms with Crippen molar-refractivity contribution in [2.45, 2.75) is 31.7 Å². The highest BCUT2D eigenvalue weighted by Gasteiger charge is 2.26. The van der Waals surface area contributed by atoms with Crippen molar-refractivity contribution >= 4 is 5.78 Å². The molecule has 3 nitrogen and oxygen atoms in total. The summed E-state index contributed by atoms with van der Waals surface area (Å²) in [4.78, 5) is 11.0. The van der Waals surface area contributed by atoms with Crippen LogP contribution in [0, 0.1) is 6.42 Å². The number of ketones is 1. The average molecular weight is 167 g/mol. The van der Waals surface area contributed by atoms with E-state index in [1.54, 1.807) is 6.42 Å². The Kier molecular flexibility index (Phi) is 2.42. The Morgan fingerprint density at radius 2 is 2.33 bits per heavy atom. The number of carbonyl (C=O) groups is 1. The summed E-state index contributed by atoms with van der Waals surface area (Å²) in [5, 5.41) is 2.24. The second kappa shape index (κ2) is 3.54. The summed E-state index contributed by atoms with van der Waals surface area (Å²) in [5.74, 6) is 0.282. The molecule has 1 N–H and O–H groups in total. The predicted molar refractivity (Wildman–Crippen MR) is 46.3 cm³/mol. The lowest BCUT2D eigenvalue weighted by Crippen LogP contribution is -2.48. The molecule has 2 rings (SSSR count). The maximum Gasteiger partial charge on any atom is 0.139 e. The van der Waals surface area contributed by atoms with E-state index in [1.165, 1.54) is 19.3 Å². The first kappa shape index (κ1) is 8.20. The summed E-state index contributed by atoms with van der Waals surface area (Å²) in [5.41, 5.74) is 3.27. The Labute approximate surface area is 73.1 Å². The second-order valence-electron chi connectivity index (χ2n) is 3.56. The molecule has 1 aliphatic heterocycles. The largest absolute Gasteiger partial charge is 0.299 e. The van der Waals surface area contributed by atoms with Gasteiger partial charge in [0.05, 0.1) is 0 Å².